The van der Waals surface area contributed by atoms with Crippen molar-refractivity contribution < 1.29 is 0 Å². The van der Waals surface area contributed by atoms with Crippen molar-refractivity contribution in [1.29, 1.82) is 5.26 Å². The minimum Gasteiger partial charge on any atom is -0.315 e. The van der Waals surface area contributed by atoms with E-state index in [4.69, 9.17) is 5.26 Å². The van der Waals surface area contributed by atoms with Crippen molar-refractivity contribution in [2.45, 2.75) is 52.0 Å². The number of nitrogens with zero attached hydrogens (tertiary/aromatic N) is 2. The molecule has 0 aliphatic carbocycles. The summed E-state index contributed by atoms with van der Waals surface area (Å²) < 4.78 is 0. The van der Waals surface area contributed by atoms with Crippen molar-refractivity contribution in [3.8, 4) is 6.07 Å². The molecule has 0 aromatic carbocycles. The molecule has 3 nitrogen and oxygen atoms in total. The van der Waals surface area contributed by atoms with Crippen LogP contribution in [-0.2, 0) is 0 Å². The molecule has 0 spiro atoms. The molecule has 17 heavy (non-hydrogen) atoms. The summed E-state index contributed by atoms with van der Waals surface area (Å²) in [4.78, 5) is 2.58. The van der Waals surface area contributed by atoms with Crippen molar-refractivity contribution in [2.24, 2.45) is 5.92 Å². The number of nitriles is 1. The number of hydrogen-bond acceptors (Lipinski definition) is 3. The van der Waals surface area contributed by atoms with Crippen LogP contribution >= 0.6 is 0 Å². The Balaban J connectivity index is 2.24. The lowest BCUT2D eigenvalue weighted by Gasteiger charge is -2.36. The highest BCUT2D eigenvalue weighted by atomic mass is 15.2. The monoisotopic (exact) mass is 237 g/mol. The fraction of sp³-hybridized carbons (Fsp3) is 0.929. The molecule has 1 unspecified atom stereocenters. The zero-order chi connectivity index (χ0) is 12.5. The van der Waals surface area contributed by atoms with Gasteiger partial charge in [-0.2, -0.15) is 5.26 Å². The molecular weight excluding hydrogens is 210 g/mol. The van der Waals surface area contributed by atoms with Gasteiger partial charge in [0.2, 0.25) is 0 Å². The summed E-state index contributed by atoms with van der Waals surface area (Å²) in [6.07, 6.45) is 5.73. The molecule has 1 aliphatic rings. The van der Waals surface area contributed by atoms with E-state index in [-0.39, 0.29) is 0 Å². The average molecular weight is 237 g/mol. The van der Waals surface area contributed by atoms with Crippen LogP contribution in [-0.4, -0.2) is 37.1 Å². The van der Waals surface area contributed by atoms with Crippen molar-refractivity contribution in [1.82, 2.24) is 10.2 Å². The Morgan fingerprint density at radius 1 is 1.41 bits per heavy atom. The Morgan fingerprint density at radius 2 is 2.24 bits per heavy atom. The predicted molar refractivity (Wildman–Crippen MR) is 71.8 cm³/mol. The zero-order valence-corrected chi connectivity index (χ0v) is 11.4. The third-order valence-corrected chi connectivity index (χ3v) is 3.42. The highest BCUT2D eigenvalue weighted by molar-refractivity contribution is 4.80. The van der Waals surface area contributed by atoms with Crippen LogP contribution in [0.2, 0.25) is 0 Å². The van der Waals surface area contributed by atoms with Crippen LogP contribution in [0.1, 0.15) is 46.0 Å². The first kappa shape index (κ1) is 14.5. The van der Waals surface area contributed by atoms with Gasteiger partial charge in [-0.1, -0.05) is 20.3 Å². The molecule has 1 atom stereocenters. The molecule has 1 heterocycles. The molecule has 3 heteroatoms. The van der Waals surface area contributed by atoms with Gasteiger partial charge in [-0.15, -0.1) is 0 Å². The van der Waals surface area contributed by atoms with Gasteiger partial charge in [-0.25, -0.2) is 0 Å². The second-order valence-electron chi connectivity index (χ2n) is 5.50. The van der Waals surface area contributed by atoms with E-state index < -0.39 is 0 Å². The van der Waals surface area contributed by atoms with Crippen LogP contribution in [0.4, 0.5) is 0 Å². The van der Waals surface area contributed by atoms with E-state index in [0.29, 0.717) is 12.5 Å². The topological polar surface area (TPSA) is 39.1 Å². The molecule has 98 valence electrons. The summed E-state index contributed by atoms with van der Waals surface area (Å²) in [5.74, 6) is 0.727. The summed E-state index contributed by atoms with van der Waals surface area (Å²) >= 11 is 0. The van der Waals surface area contributed by atoms with Crippen LogP contribution in [0, 0.1) is 17.2 Å². The van der Waals surface area contributed by atoms with E-state index >= 15 is 0 Å². The number of likely N-dealkylation sites (tertiary alicyclic amines) is 1. The van der Waals surface area contributed by atoms with E-state index in [9.17, 15) is 0 Å². The van der Waals surface area contributed by atoms with Gasteiger partial charge >= 0.3 is 0 Å². The third kappa shape index (κ3) is 6.05. The summed E-state index contributed by atoms with van der Waals surface area (Å²) in [7, 11) is 0. The quantitative estimate of drug-likeness (QED) is 0.691. The van der Waals surface area contributed by atoms with E-state index in [0.717, 1.165) is 32.0 Å². The Morgan fingerprint density at radius 3 is 2.94 bits per heavy atom. The number of rotatable bonds is 7. The maximum absolute atomic E-state index is 8.58. The molecular formula is C14H27N3. The van der Waals surface area contributed by atoms with Gasteiger partial charge in [-0.05, 0) is 44.8 Å². The molecule has 1 fully saturated rings. The lowest BCUT2D eigenvalue weighted by Crippen LogP contribution is -2.46. The average Bonchev–Trinajstić information content (AvgIpc) is 2.31. The second kappa shape index (κ2) is 8.49. The first-order valence-corrected chi connectivity index (χ1v) is 7.05. The first-order valence-electron chi connectivity index (χ1n) is 7.05. The number of unbranched alkanes of at least 4 members (excludes halogenated alkanes) is 1. The number of piperidine rings is 1. The Bertz CT molecular complexity index is 232. The van der Waals surface area contributed by atoms with E-state index in [1.54, 1.807) is 0 Å². The van der Waals surface area contributed by atoms with E-state index in [2.05, 4.69) is 30.1 Å². The van der Waals surface area contributed by atoms with Crippen LogP contribution in [0.3, 0.4) is 0 Å². The van der Waals surface area contributed by atoms with E-state index in [1.165, 1.54) is 25.8 Å². The van der Waals surface area contributed by atoms with Gasteiger partial charge in [-0.3, -0.25) is 4.90 Å². The summed E-state index contributed by atoms with van der Waals surface area (Å²) in [5.41, 5.74) is 0. The van der Waals surface area contributed by atoms with Gasteiger partial charge in [0.05, 0.1) is 6.07 Å². The van der Waals surface area contributed by atoms with Gasteiger partial charge in [0, 0.05) is 19.0 Å². The van der Waals surface area contributed by atoms with Crippen LogP contribution in [0.5, 0.6) is 0 Å². The number of nitrogens with one attached hydrogen (secondary N) is 1. The molecule has 1 aliphatic heterocycles. The molecule has 0 bridgehead atoms. The lowest BCUT2D eigenvalue weighted by molar-refractivity contribution is 0.143. The SMILES string of the molecule is CC(C)CNCC1CCCCN1CCCC#N. The van der Waals surface area contributed by atoms with Crippen LogP contribution < -0.4 is 5.32 Å². The largest absolute Gasteiger partial charge is 0.315 e. The highest BCUT2D eigenvalue weighted by Gasteiger charge is 2.21. The van der Waals surface area contributed by atoms with Crippen molar-refractivity contribution in [3.05, 3.63) is 0 Å². The maximum atomic E-state index is 8.58. The standard InChI is InChI=1S/C14H27N3/c1-13(2)11-16-12-14-7-3-5-9-17(14)10-6-4-8-15/h13-14,16H,3-7,9-12H2,1-2H3. The van der Waals surface area contributed by atoms with Gasteiger partial charge in [0.15, 0.2) is 0 Å². The minimum absolute atomic E-state index is 0.696. The second-order valence-corrected chi connectivity index (χ2v) is 5.50. The molecule has 1 saturated heterocycles. The molecule has 0 aromatic rings. The van der Waals surface area contributed by atoms with Gasteiger partial charge in [0.1, 0.15) is 0 Å². The molecule has 0 radical (unpaired) electrons. The summed E-state index contributed by atoms with van der Waals surface area (Å²) in [6.45, 7) is 9.05. The number of hydrogen-bond donors (Lipinski definition) is 1. The molecule has 0 amide bonds. The Kier molecular flexibility index (Phi) is 7.23. The minimum atomic E-state index is 0.696. The first-order chi connectivity index (χ1) is 8.24. The smallest absolute Gasteiger partial charge is 0.0622 e. The summed E-state index contributed by atoms with van der Waals surface area (Å²) in [5, 5.41) is 12.2. The molecule has 1 N–H and O–H groups in total. The molecule has 0 saturated carbocycles. The normalized spacial score (nSPS) is 21.6. The van der Waals surface area contributed by atoms with Crippen molar-refractivity contribution >= 4 is 0 Å². The molecule has 1 rings (SSSR count). The van der Waals surface area contributed by atoms with Gasteiger partial charge in [0.25, 0.3) is 0 Å². The molecule has 0 aromatic heterocycles. The fourth-order valence-corrected chi connectivity index (χ4v) is 2.49. The van der Waals surface area contributed by atoms with Crippen molar-refractivity contribution in [2.75, 3.05) is 26.2 Å². The van der Waals surface area contributed by atoms with Crippen LogP contribution in [0.25, 0.3) is 0 Å². The maximum Gasteiger partial charge on any atom is 0.0622 e. The fourth-order valence-electron chi connectivity index (χ4n) is 2.49. The summed E-state index contributed by atoms with van der Waals surface area (Å²) in [6, 6.07) is 2.93. The highest BCUT2D eigenvalue weighted by Crippen LogP contribution is 2.17. The Labute approximate surface area is 106 Å². The van der Waals surface area contributed by atoms with Crippen molar-refractivity contribution in [3.63, 3.8) is 0 Å². The predicted octanol–water partition coefficient (Wildman–Crippen LogP) is 2.39. The van der Waals surface area contributed by atoms with Gasteiger partial charge < -0.3 is 5.32 Å². The van der Waals surface area contributed by atoms with E-state index in [1.807, 2.05) is 0 Å². The lowest BCUT2D eigenvalue weighted by atomic mass is 10.0. The van der Waals surface area contributed by atoms with Crippen LogP contribution in [0.15, 0.2) is 0 Å². The Hall–Kier alpha value is -0.590. The third-order valence-electron chi connectivity index (χ3n) is 3.42. The zero-order valence-electron chi connectivity index (χ0n) is 11.4.